The number of ether oxygens (including phenoxy) is 1. The van der Waals surface area contributed by atoms with Crippen LogP contribution < -0.4 is 4.74 Å². The predicted octanol–water partition coefficient (Wildman–Crippen LogP) is 5.80. The zero-order valence-corrected chi connectivity index (χ0v) is 20.3. The molecule has 0 aliphatic heterocycles. The van der Waals surface area contributed by atoms with Crippen molar-refractivity contribution in [2.45, 2.75) is 25.7 Å². The maximum atomic E-state index is 14.7. The van der Waals surface area contributed by atoms with E-state index in [4.69, 9.17) is 9.84 Å². The highest BCUT2D eigenvalue weighted by atomic mass is 32.2. The summed E-state index contributed by atoms with van der Waals surface area (Å²) >= 11 is 2.91. The number of hydrogen-bond acceptors (Lipinski definition) is 5. The van der Waals surface area contributed by atoms with Crippen LogP contribution in [0.5, 0.6) is 5.75 Å². The molecule has 0 aliphatic rings. The Morgan fingerprint density at radius 3 is 2.00 bits per heavy atom. The Balaban J connectivity index is 1.36. The standard InChI is InChI=1S/C28H23FO4S2/c29-26-16-20(28(32)19-4-2-1-3-5-19)6-15-27(26)35-25-13-11-24(12-14-25)34-23-9-7-22(8-10-23)33-18-21(31)17-30/h1-16,21,30-31H,17-18H2/p+1. The summed E-state index contributed by atoms with van der Waals surface area (Å²) in [5.74, 6) is 0.281. The first-order chi connectivity index (χ1) is 17.0. The molecule has 0 spiro atoms. The Bertz CT molecular complexity index is 1260. The number of rotatable bonds is 10. The van der Waals surface area contributed by atoms with E-state index in [0.717, 1.165) is 14.7 Å². The number of aliphatic hydroxyl groups is 2. The van der Waals surface area contributed by atoms with Crippen LogP contribution in [0.1, 0.15) is 11.1 Å². The lowest BCUT2D eigenvalue weighted by Crippen LogP contribution is -2.21. The Kier molecular flexibility index (Phi) is 8.60. The summed E-state index contributed by atoms with van der Waals surface area (Å²) in [7, 11) is 0. The highest BCUT2D eigenvalue weighted by Gasteiger charge is 2.17. The Hall–Kier alpha value is -3.10. The number of benzene rings is 4. The van der Waals surface area contributed by atoms with Crippen LogP contribution in [0.3, 0.4) is 0 Å². The molecule has 1 atom stereocenters. The Labute approximate surface area is 211 Å². The van der Waals surface area contributed by atoms with Crippen molar-refractivity contribution < 1.29 is 24.1 Å². The molecule has 0 bridgehead atoms. The second-order valence-electron chi connectivity index (χ2n) is 7.65. The van der Waals surface area contributed by atoms with E-state index in [2.05, 4.69) is 0 Å². The topological polar surface area (TPSA) is 71.1 Å². The van der Waals surface area contributed by atoms with Crippen LogP contribution in [0, 0.1) is 5.82 Å². The van der Waals surface area contributed by atoms with Gasteiger partial charge in [-0.3, -0.25) is 4.79 Å². The largest absolute Gasteiger partial charge is 0.491 e. The van der Waals surface area contributed by atoms with Gasteiger partial charge in [0.15, 0.2) is 0 Å². The first-order valence-corrected chi connectivity index (χ1v) is 12.5. The molecule has 1 unspecified atom stereocenters. The number of carbonyl (C=O) groups excluding carboxylic acids is 1. The van der Waals surface area contributed by atoms with E-state index in [1.165, 1.54) is 17.8 Å². The maximum absolute atomic E-state index is 14.7. The van der Waals surface area contributed by atoms with Gasteiger partial charge >= 0.3 is 5.78 Å². The van der Waals surface area contributed by atoms with Crippen LogP contribution in [-0.4, -0.2) is 40.1 Å². The summed E-state index contributed by atoms with van der Waals surface area (Å²) in [6.07, 6.45) is -0.897. The lowest BCUT2D eigenvalue weighted by Gasteiger charge is -2.10. The fourth-order valence-electron chi connectivity index (χ4n) is 3.18. The van der Waals surface area contributed by atoms with Crippen LogP contribution in [0.25, 0.3) is 0 Å². The van der Waals surface area contributed by atoms with E-state index < -0.39 is 6.10 Å². The molecule has 0 saturated heterocycles. The quantitative estimate of drug-likeness (QED) is 0.210. The van der Waals surface area contributed by atoms with Crippen molar-refractivity contribution in [1.82, 2.24) is 0 Å². The molecule has 0 aliphatic carbocycles. The van der Waals surface area contributed by atoms with Gasteiger partial charge in [-0.15, -0.1) is 0 Å². The van der Waals surface area contributed by atoms with E-state index >= 15 is 0 Å². The molecule has 0 heterocycles. The van der Waals surface area contributed by atoms with Crippen LogP contribution in [-0.2, 0) is 0 Å². The third-order valence-corrected chi connectivity index (χ3v) is 7.09. The van der Waals surface area contributed by atoms with Gasteiger partial charge in [-0.05, 0) is 78.9 Å². The molecule has 178 valence electrons. The van der Waals surface area contributed by atoms with Gasteiger partial charge in [0.2, 0.25) is 0 Å². The number of halogens is 1. The fraction of sp³-hybridized carbons (Fsp3) is 0.107. The summed E-state index contributed by atoms with van der Waals surface area (Å²) < 4.78 is 20.2. The van der Waals surface area contributed by atoms with Gasteiger partial charge in [-0.2, -0.15) is 0 Å². The van der Waals surface area contributed by atoms with Crippen molar-refractivity contribution in [2.24, 2.45) is 0 Å². The maximum Gasteiger partial charge on any atom is 0.354 e. The van der Waals surface area contributed by atoms with Crippen LogP contribution >= 0.6 is 23.5 Å². The first kappa shape index (κ1) is 25.0. The molecule has 0 fully saturated rings. The summed E-state index contributed by atoms with van der Waals surface area (Å²) in [5.41, 5.74) is 1.08. The van der Waals surface area contributed by atoms with Crippen molar-refractivity contribution >= 4 is 29.3 Å². The molecule has 3 N–H and O–H groups in total. The Morgan fingerprint density at radius 2 is 1.40 bits per heavy atom. The van der Waals surface area contributed by atoms with E-state index in [1.54, 1.807) is 36.0 Å². The van der Waals surface area contributed by atoms with E-state index in [0.29, 0.717) is 21.8 Å². The molecule has 0 amide bonds. The normalized spacial score (nSPS) is 11.7. The van der Waals surface area contributed by atoms with Crippen molar-refractivity contribution in [2.75, 3.05) is 13.2 Å². The molecule has 4 aromatic carbocycles. The molecule has 0 radical (unpaired) electrons. The van der Waals surface area contributed by atoms with Gasteiger partial charge in [0, 0.05) is 19.6 Å². The highest BCUT2D eigenvalue weighted by Crippen LogP contribution is 2.34. The van der Waals surface area contributed by atoms with Gasteiger partial charge in [0.1, 0.15) is 24.3 Å². The summed E-state index contributed by atoms with van der Waals surface area (Å²) in [4.78, 5) is 13.9. The van der Waals surface area contributed by atoms with Crippen molar-refractivity contribution in [3.63, 3.8) is 0 Å². The summed E-state index contributed by atoms with van der Waals surface area (Å²) in [5, 5.41) is 18.2. The van der Waals surface area contributed by atoms with Crippen LogP contribution in [0.4, 0.5) is 4.39 Å². The lowest BCUT2D eigenvalue weighted by molar-refractivity contribution is 0.0536. The average molecular weight is 508 g/mol. The predicted molar refractivity (Wildman–Crippen MR) is 138 cm³/mol. The van der Waals surface area contributed by atoms with E-state index in [9.17, 15) is 14.3 Å². The van der Waals surface area contributed by atoms with Gasteiger partial charge < -0.3 is 14.9 Å². The van der Waals surface area contributed by atoms with E-state index in [-0.39, 0.29) is 24.8 Å². The smallest absolute Gasteiger partial charge is 0.354 e. The summed E-state index contributed by atoms with van der Waals surface area (Å²) in [6.45, 7) is -0.297. The van der Waals surface area contributed by atoms with Gasteiger partial charge in [0.05, 0.1) is 17.7 Å². The number of ketones is 1. The molecule has 7 heteroatoms. The zero-order valence-electron chi connectivity index (χ0n) is 18.7. The molecular formula is C28H24FO4S2+. The molecule has 4 nitrogen and oxygen atoms in total. The second-order valence-corrected chi connectivity index (χ2v) is 9.92. The third-order valence-electron chi connectivity index (χ3n) is 5.02. The minimum Gasteiger partial charge on any atom is -0.491 e. The monoisotopic (exact) mass is 507 g/mol. The lowest BCUT2D eigenvalue weighted by atomic mass is 10.0. The summed E-state index contributed by atoms with van der Waals surface area (Å²) in [6, 6.07) is 29.2. The average Bonchev–Trinajstić information content (AvgIpc) is 2.90. The minimum atomic E-state index is -0.897. The molecule has 4 aromatic rings. The Morgan fingerprint density at radius 1 is 0.800 bits per heavy atom. The molecule has 4 rings (SSSR count). The molecule has 0 saturated carbocycles. The second kappa shape index (κ2) is 12.0. The van der Waals surface area contributed by atoms with Crippen LogP contribution in [0.2, 0.25) is 0 Å². The first-order valence-electron chi connectivity index (χ1n) is 10.9. The van der Waals surface area contributed by atoms with Crippen molar-refractivity contribution in [3.05, 3.63) is 114 Å². The highest BCUT2D eigenvalue weighted by molar-refractivity contribution is 7.99. The molecular weight excluding hydrogens is 483 g/mol. The van der Waals surface area contributed by atoms with Crippen molar-refractivity contribution in [3.8, 4) is 5.75 Å². The van der Waals surface area contributed by atoms with Crippen LogP contribution in [0.15, 0.2) is 117 Å². The van der Waals surface area contributed by atoms with Crippen molar-refractivity contribution in [1.29, 1.82) is 0 Å². The third kappa shape index (κ3) is 6.96. The zero-order chi connectivity index (χ0) is 24.6. The van der Waals surface area contributed by atoms with E-state index in [1.807, 2.05) is 66.7 Å². The number of aliphatic hydroxyl groups excluding tert-OH is 2. The SMILES string of the molecule is OCC(O)COc1ccc(Sc2ccc(Sc3ccc(C(=[OH+])c4ccccc4)cc3F)cc2)cc1. The number of hydrogen-bond donors (Lipinski definition) is 2. The fourth-order valence-corrected chi connectivity index (χ4v) is 4.82. The van der Waals surface area contributed by atoms with Gasteiger partial charge in [0.25, 0.3) is 0 Å². The van der Waals surface area contributed by atoms with Gasteiger partial charge in [-0.1, -0.05) is 41.7 Å². The van der Waals surface area contributed by atoms with Gasteiger partial charge in [-0.25, -0.2) is 4.39 Å². The molecule has 35 heavy (non-hydrogen) atoms. The molecule has 0 aromatic heterocycles. The minimum absolute atomic E-state index is 0.0396.